The maximum absolute atomic E-state index is 13.4. The summed E-state index contributed by atoms with van der Waals surface area (Å²) in [5, 5.41) is 29.6. The van der Waals surface area contributed by atoms with Crippen LogP contribution in [-0.2, 0) is 5.41 Å². The molecule has 206 valence electrons. The van der Waals surface area contributed by atoms with E-state index in [0.717, 1.165) is 10.2 Å². The van der Waals surface area contributed by atoms with Crippen LogP contribution in [0.5, 0.6) is 5.75 Å². The fraction of sp³-hybridized carbons (Fsp3) is 0.125. The van der Waals surface area contributed by atoms with Crippen molar-refractivity contribution in [1.29, 1.82) is 0 Å². The lowest BCUT2D eigenvalue weighted by Crippen LogP contribution is -2.12. The Bertz CT molecular complexity index is 2010. The lowest BCUT2D eigenvalue weighted by molar-refractivity contribution is 0.102. The molecule has 0 saturated carbocycles. The van der Waals surface area contributed by atoms with Gasteiger partial charge in [-0.1, -0.05) is 86.7 Å². The molecule has 0 spiro atoms. The monoisotopic (exact) mass is 571 g/mol. The van der Waals surface area contributed by atoms with Crippen molar-refractivity contribution in [2.24, 2.45) is 10.2 Å². The summed E-state index contributed by atoms with van der Waals surface area (Å²) in [6.07, 6.45) is 0. The van der Waals surface area contributed by atoms with Crippen LogP contribution in [-0.4, -0.2) is 25.8 Å². The van der Waals surface area contributed by atoms with Crippen LogP contribution in [0.1, 0.15) is 36.8 Å². The molecule has 0 fully saturated rings. The zero-order valence-electron chi connectivity index (χ0n) is 23.0. The molecule has 2 aromatic heterocycles. The quantitative estimate of drug-likeness (QED) is 0.159. The Morgan fingerprint density at radius 1 is 1.00 bits per heavy atom. The Labute approximate surface area is 245 Å². The Hall–Kier alpha value is -5.40. The molecule has 0 aliphatic carbocycles. The third kappa shape index (κ3) is 4.87. The number of benzene rings is 4. The Morgan fingerprint density at radius 3 is 2.45 bits per heavy atom. The number of carbonyl (C=O) groups excluding carboxylic acids is 1. The molecule has 42 heavy (non-hydrogen) atoms. The first-order chi connectivity index (χ1) is 20.2. The largest absolute Gasteiger partial charge is 0.505 e. The van der Waals surface area contributed by atoms with E-state index in [0.29, 0.717) is 27.3 Å². The molecule has 0 aliphatic rings. The standard InChI is InChI=1S/C32H25N7O2S/c1-32(2,3)28-26(33-4)29(39(38-28)31-35-22-16-10-11-17-24(22)42-31)37-36-23-18-19-12-8-9-15-21(19)25(27(23)40)30(41)34-20-13-6-5-7-14-20/h5-18,40H,1-3H3,(H,34,41). The highest BCUT2D eigenvalue weighted by atomic mass is 32.1. The Balaban J connectivity index is 1.51. The molecule has 0 atom stereocenters. The van der Waals surface area contributed by atoms with E-state index in [-0.39, 0.29) is 28.5 Å². The predicted octanol–water partition coefficient (Wildman–Crippen LogP) is 8.86. The van der Waals surface area contributed by atoms with E-state index in [1.807, 2.05) is 75.4 Å². The average Bonchev–Trinajstić information content (AvgIpc) is 3.58. The number of nitrogens with one attached hydrogen (secondary N) is 1. The van der Waals surface area contributed by atoms with Crippen molar-refractivity contribution in [3.05, 3.63) is 108 Å². The van der Waals surface area contributed by atoms with Gasteiger partial charge in [0.25, 0.3) is 11.6 Å². The summed E-state index contributed by atoms with van der Waals surface area (Å²) >= 11 is 1.42. The molecule has 6 aromatic rings. The van der Waals surface area contributed by atoms with Gasteiger partial charge in [-0.25, -0.2) is 9.83 Å². The highest BCUT2D eigenvalue weighted by Crippen LogP contribution is 2.43. The Kier molecular flexibility index (Phi) is 6.72. The van der Waals surface area contributed by atoms with Crippen LogP contribution in [0.2, 0.25) is 0 Å². The number of nitrogens with zero attached hydrogens (tertiary/aromatic N) is 6. The molecular formula is C32H25N7O2S. The number of aromatic nitrogens is 3. The van der Waals surface area contributed by atoms with Crippen molar-refractivity contribution in [1.82, 2.24) is 14.8 Å². The first-order valence-corrected chi connectivity index (χ1v) is 14.0. The molecule has 2 heterocycles. The van der Waals surface area contributed by atoms with Crippen molar-refractivity contribution in [3.8, 4) is 10.9 Å². The third-order valence-electron chi connectivity index (χ3n) is 6.64. The fourth-order valence-electron chi connectivity index (χ4n) is 4.63. The minimum absolute atomic E-state index is 0.0753. The normalized spacial score (nSPS) is 11.8. The van der Waals surface area contributed by atoms with Crippen molar-refractivity contribution < 1.29 is 9.90 Å². The van der Waals surface area contributed by atoms with Crippen LogP contribution in [0.25, 0.3) is 31.0 Å². The molecule has 6 rings (SSSR count). The lowest BCUT2D eigenvalue weighted by Gasteiger charge is -2.15. The highest BCUT2D eigenvalue weighted by Gasteiger charge is 2.29. The van der Waals surface area contributed by atoms with Gasteiger partial charge in [-0.2, -0.15) is 9.78 Å². The summed E-state index contributed by atoms with van der Waals surface area (Å²) in [4.78, 5) is 21.9. The summed E-state index contributed by atoms with van der Waals surface area (Å²) in [5.74, 6) is -0.613. The number of hydrogen-bond acceptors (Lipinski definition) is 7. The number of amides is 1. The summed E-state index contributed by atoms with van der Waals surface area (Å²) in [6, 6.07) is 25.6. The molecular weight excluding hydrogens is 546 g/mol. The number of hydrogen-bond donors (Lipinski definition) is 2. The highest BCUT2D eigenvalue weighted by molar-refractivity contribution is 7.20. The molecule has 2 N–H and O–H groups in total. The van der Waals surface area contributed by atoms with E-state index in [1.54, 1.807) is 30.3 Å². The minimum Gasteiger partial charge on any atom is -0.505 e. The molecule has 0 radical (unpaired) electrons. The fourth-order valence-corrected chi connectivity index (χ4v) is 5.55. The van der Waals surface area contributed by atoms with Crippen molar-refractivity contribution in [3.63, 3.8) is 0 Å². The number of rotatable bonds is 5. The van der Waals surface area contributed by atoms with Gasteiger partial charge in [0, 0.05) is 5.69 Å². The smallest absolute Gasteiger partial charge is 0.260 e. The maximum Gasteiger partial charge on any atom is 0.260 e. The predicted molar refractivity (Wildman–Crippen MR) is 166 cm³/mol. The van der Waals surface area contributed by atoms with Crippen LogP contribution < -0.4 is 5.32 Å². The SMILES string of the molecule is [C-]#[N+]c1c(C(C)(C)C)nn(-c2nc3ccccc3s2)c1N=Nc1cc2ccccc2c(C(=O)Nc2ccccc2)c1O. The molecule has 0 saturated heterocycles. The van der Waals surface area contributed by atoms with Crippen molar-refractivity contribution in [2.45, 2.75) is 26.2 Å². The molecule has 0 aliphatic heterocycles. The van der Waals surface area contributed by atoms with Gasteiger partial charge in [-0.3, -0.25) is 4.79 Å². The molecule has 0 bridgehead atoms. The number of fused-ring (bicyclic) bond motifs is 2. The first-order valence-electron chi connectivity index (χ1n) is 13.1. The number of azo groups is 1. The van der Waals surface area contributed by atoms with E-state index >= 15 is 0 Å². The van der Waals surface area contributed by atoms with Gasteiger partial charge in [0.1, 0.15) is 5.69 Å². The minimum atomic E-state index is -0.483. The number of thiazole rings is 1. The summed E-state index contributed by atoms with van der Waals surface area (Å²) in [6.45, 7) is 13.9. The van der Waals surface area contributed by atoms with Gasteiger partial charge in [-0.15, -0.1) is 10.2 Å². The van der Waals surface area contributed by atoms with Gasteiger partial charge >= 0.3 is 0 Å². The molecule has 0 unspecified atom stereocenters. The topological polar surface area (TPSA) is 109 Å². The van der Waals surface area contributed by atoms with Gasteiger partial charge < -0.3 is 10.4 Å². The number of phenolic OH excluding ortho intramolecular Hbond substituents is 1. The van der Waals surface area contributed by atoms with Crippen LogP contribution in [0.4, 0.5) is 22.9 Å². The van der Waals surface area contributed by atoms with Crippen LogP contribution in [0.3, 0.4) is 0 Å². The summed E-state index contributed by atoms with van der Waals surface area (Å²) in [7, 11) is 0. The van der Waals surface area contributed by atoms with Crippen molar-refractivity contribution >= 4 is 61.1 Å². The van der Waals surface area contributed by atoms with Gasteiger partial charge in [-0.05, 0) is 46.5 Å². The zero-order chi connectivity index (χ0) is 29.4. The van der Waals surface area contributed by atoms with E-state index in [1.165, 1.54) is 16.0 Å². The Morgan fingerprint density at radius 2 is 1.71 bits per heavy atom. The van der Waals surface area contributed by atoms with Crippen LogP contribution in [0, 0.1) is 6.57 Å². The van der Waals surface area contributed by atoms with E-state index in [2.05, 4.69) is 20.4 Å². The lowest BCUT2D eigenvalue weighted by atomic mass is 9.91. The maximum atomic E-state index is 13.4. The molecule has 1 amide bonds. The second kappa shape index (κ2) is 10.5. The third-order valence-corrected chi connectivity index (χ3v) is 7.65. The zero-order valence-corrected chi connectivity index (χ0v) is 23.8. The molecule has 4 aromatic carbocycles. The van der Waals surface area contributed by atoms with E-state index < -0.39 is 11.3 Å². The van der Waals surface area contributed by atoms with Gasteiger partial charge in [0.15, 0.2) is 11.6 Å². The number of para-hydroxylation sites is 2. The number of phenols is 1. The second-order valence-electron chi connectivity index (χ2n) is 10.6. The first kappa shape index (κ1) is 26.8. The van der Waals surface area contributed by atoms with Gasteiger partial charge in [0.05, 0.1) is 28.0 Å². The molecule has 10 heteroatoms. The number of carbonyl (C=O) groups is 1. The van der Waals surface area contributed by atoms with E-state index in [4.69, 9.17) is 16.7 Å². The summed E-state index contributed by atoms with van der Waals surface area (Å²) in [5.41, 5.74) is 1.89. The second-order valence-corrected chi connectivity index (χ2v) is 11.6. The van der Waals surface area contributed by atoms with E-state index in [9.17, 15) is 9.90 Å². The number of aromatic hydroxyl groups is 1. The number of anilines is 1. The average molecular weight is 572 g/mol. The summed E-state index contributed by atoms with van der Waals surface area (Å²) < 4.78 is 2.50. The van der Waals surface area contributed by atoms with Crippen LogP contribution >= 0.6 is 11.3 Å². The van der Waals surface area contributed by atoms with Gasteiger partial charge in [0.2, 0.25) is 5.13 Å². The molecule has 9 nitrogen and oxygen atoms in total. The van der Waals surface area contributed by atoms with Crippen LogP contribution in [0.15, 0.2) is 95.2 Å². The van der Waals surface area contributed by atoms with Crippen molar-refractivity contribution in [2.75, 3.05) is 5.32 Å².